The van der Waals surface area contributed by atoms with Crippen molar-refractivity contribution in [3.8, 4) is 0 Å². The average Bonchev–Trinajstić information content (AvgIpc) is 3.00. The number of thioether (sulfide) groups is 1. The molecule has 1 aromatic heterocycles. The molecule has 21 heavy (non-hydrogen) atoms. The van der Waals surface area contributed by atoms with E-state index in [4.69, 9.17) is 0 Å². The van der Waals surface area contributed by atoms with Crippen LogP contribution in [-0.4, -0.2) is 52.4 Å². The third kappa shape index (κ3) is 9.33. The molecule has 0 fully saturated rings. The van der Waals surface area contributed by atoms with Crippen LogP contribution in [0.2, 0.25) is 0 Å². The lowest BCUT2D eigenvalue weighted by Crippen LogP contribution is -2.37. The Kier molecular flexibility index (Phi) is 10.6. The number of guanidine groups is 1. The quantitative estimate of drug-likeness (QED) is 0.370. The van der Waals surface area contributed by atoms with E-state index >= 15 is 0 Å². The third-order valence-corrected chi connectivity index (χ3v) is 3.67. The molecule has 0 saturated carbocycles. The van der Waals surface area contributed by atoms with Gasteiger partial charge < -0.3 is 15.2 Å². The minimum absolute atomic E-state index is 0.899. The van der Waals surface area contributed by atoms with E-state index in [1.807, 2.05) is 16.3 Å². The van der Waals surface area contributed by atoms with Crippen molar-refractivity contribution < 1.29 is 0 Å². The number of unbranched alkanes of at least 4 members (excludes halogenated alkanes) is 2. The van der Waals surface area contributed by atoms with Crippen LogP contribution in [0.25, 0.3) is 0 Å². The summed E-state index contributed by atoms with van der Waals surface area (Å²) in [4.78, 5) is 4.59. The molecule has 0 aromatic carbocycles. The first-order chi connectivity index (χ1) is 10.4. The van der Waals surface area contributed by atoms with E-state index in [0.717, 1.165) is 51.4 Å². The molecule has 0 atom stereocenters. The molecule has 0 aliphatic carbocycles. The van der Waals surface area contributed by atoms with E-state index in [1.165, 1.54) is 12.2 Å². The van der Waals surface area contributed by atoms with E-state index in [1.54, 1.807) is 12.7 Å². The van der Waals surface area contributed by atoms with Crippen LogP contribution in [0, 0.1) is 0 Å². The highest BCUT2D eigenvalue weighted by atomic mass is 32.2. The van der Waals surface area contributed by atoms with Crippen molar-refractivity contribution in [2.24, 2.45) is 4.99 Å². The number of aromatic nitrogens is 3. The molecule has 0 unspecified atom stereocenters. The molecular formula is C14H28N6S. The molecule has 7 heteroatoms. The first kappa shape index (κ1) is 17.8. The second-order valence-electron chi connectivity index (χ2n) is 4.79. The van der Waals surface area contributed by atoms with Crippen LogP contribution in [0.4, 0.5) is 0 Å². The van der Waals surface area contributed by atoms with Crippen molar-refractivity contribution in [3.05, 3.63) is 12.7 Å². The fourth-order valence-electron chi connectivity index (χ4n) is 1.85. The first-order valence-corrected chi connectivity index (χ1v) is 9.09. The summed E-state index contributed by atoms with van der Waals surface area (Å²) in [6.07, 6.45) is 10.3. The normalized spacial score (nSPS) is 11.6. The molecule has 0 spiro atoms. The topological polar surface area (TPSA) is 67.1 Å². The molecule has 0 aliphatic rings. The second-order valence-corrected chi connectivity index (χ2v) is 5.78. The summed E-state index contributed by atoms with van der Waals surface area (Å²) in [5.41, 5.74) is 0. The Labute approximate surface area is 132 Å². The fourth-order valence-corrected chi connectivity index (χ4v) is 2.35. The van der Waals surface area contributed by atoms with Gasteiger partial charge in [-0.15, -0.1) is 10.2 Å². The van der Waals surface area contributed by atoms with E-state index in [-0.39, 0.29) is 0 Å². The zero-order valence-corrected chi connectivity index (χ0v) is 14.0. The highest BCUT2D eigenvalue weighted by Crippen LogP contribution is 1.99. The number of nitrogens with one attached hydrogen (secondary N) is 2. The van der Waals surface area contributed by atoms with Gasteiger partial charge in [-0.25, -0.2) is 0 Å². The summed E-state index contributed by atoms with van der Waals surface area (Å²) in [7, 11) is 0. The van der Waals surface area contributed by atoms with Gasteiger partial charge in [0.1, 0.15) is 12.7 Å². The van der Waals surface area contributed by atoms with Gasteiger partial charge in [-0.05, 0) is 44.6 Å². The van der Waals surface area contributed by atoms with Crippen molar-refractivity contribution in [2.45, 2.75) is 39.2 Å². The predicted molar refractivity (Wildman–Crippen MR) is 90.9 cm³/mol. The van der Waals surface area contributed by atoms with Crippen LogP contribution in [0.5, 0.6) is 0 Å². The summed E-state index contributed by atoms with van der Waals surface area (Å²) >= 11 is 1.90. The molecule has 1 heterocycles. The summed E-state index contributed by atoms with van der Waals surface area (Å²) in [6, 6.07) is 0. The lowest BCUT2D eigenvalue weighted by Gasteiger charge is -2.11. The minimum Gasteiger partial charge on any atom is -0.357 e. The monoisotopic (exact) mass is 312 g/mol. The van der Waals surface area contributed by atoms with E-state index in [2.05, 4.69) is 39.0 Å². The number of hydrogen-bond acceptors (Lipinski definition) is 4. The van der Waals surface area contributed by atoms with Crippen LogP contribution >= 0.6 is 11.8 Å². The van der Waals surface area contributed by atoms with Gasteiger partial charge in [0.2, 0.25) is 0 Å². The Morgan fingerprint density at radius 3 is 2.67 bits per heavy atom. The van der Waals surface area contributed by atoms with Gasteiger partial charge in [-0.2, -0.15) is 11.8 Å². The molecule has 0 amide bonds. The van der Waals surface area contributed by atoms with Crippen molar-refractivity contribution >= 4 is 17.7 Å². The summed E-state index contributed by atoms with van der Waals surface area (Å²) < 4.78 is 2.00. The lowest BCUT2D eigenvalue weighted by atomic mass is 10.3. The molecule has 2 N–H and O–H groups in total. The Balaban J connectivity index is 2.10. The fraction of sp³-hybridized carbons (Fsp3) is 0.786. The van der Waals surface area contributed by atoms with Crippen molar-refractivity contribution in [1.82, 2.24) is 25.4 Å². The maximum atomic E-state index is 4.59. The highest BCUT2D eigenvalue weighted by Gasteiger charge is 1.97. The standard InChI is InChI=1S/C14H28N6S/c1-3-15-14(17-9-5-7-11-21-2)16-8-4-6-10-20-12-18-19-13-20/h12-13H,3-11H2,1-2H3,(H2,15,16,17). The molecule has 6 nitrogen and oxygen atoms in total. The van der Waals surface area contributed by atoms with Gasteiger partial charge in [-0.3, -0.25) is 4.99 Å². The summed E-state index contributed by atoms with van der Waals surface area (Å²) in [6.45, 7) is 5.81. The molecule has 1 aromatic rings. The highest BCUT2D eigenvalue weighted by molar-refractivity contribution is 7.98. The molecule has 1 rings (SSSR count). The Hall–Kier alpha value is -1.24. The second kappa shape index (κ2) is 12.5. The van der Waals surface area contributed by atoms with E-state index in [0.29, 0.717) is 0 Å². The number of rotatable bonds is 11. The van der Waals surface area contributed by atoms with Gasteiger partial charge in [0.15, 0.2) is 5.96 Å². The molecule has 0 aliphatic heterocycles. The van der Waals surface area contributed by atoms with Crippen molar-refractivity contribution in [3.63, 3.8) is 0 Å². The molecule has 0 bridgehead atoms. The smallest absolute Gasteiger partial charge is 0.191 e. The van der Waals surface area contributed by atoms with Gasteiger partial charge in [0.25, 0.3) is 0 Å². The SMILES string of the molecule is CCNC(=NCCCCSC)NCCCCn1cnnc1. The van der Waals surface area contributed by atoms with Crippen molar-refractivity contribution in [2.75, 3.05) is 31.6 Å². The zero-order chi connectivity index (χ0) is 15.2. The van der Waals surface area contributed by atoms with Crippen LogP contribution in [0.1, 0.15) is 32.6 Å². The average molecular weight is 312 g/mol. The summed E-state index contributed by atoms with van der Waals surface area (Å²) in [5.74, 6) is 2.16. The first-order valence-electron chi connectivity index (χ1n) is 7.70. The third-order valence-electron chi connectivity index (χ3n) is 2.97. The summed E-state index contributed by atoms with van der Waals surface area (Å²) in [5, 5.41) is 14.3. The lowest BCUT2D eigenvalue weighted by molar-refractivity contribution is 0.597. The van der Waals surface area contributed by atoms with Crippen LogP contribution in [0.3, 0.4) is 0 Å². The predicted octanol–water partition coefficient (Wildman–Crippen LogP) is 1.76. The molecule has 0 radical (unpaired) electrons. The van der Waals surface area contributed by atoms with Crippen LogP contribution in [-0.2, 0) is 6.54 Å². The molecule has 0 saturated heterocycles. The number of aryl methyl sites for hydroxylation is 1. The Bertz CT molecular complexity index is 366. The molecular weight excluding hydrogens is 284 g/mol. The van der Waals surface area contributed by atoms with E-state index in [9.17, 15) is 0 Å². The van der Waals surface area contributed by atoms with Gasteiger partial charge in [0.05, 0.1) is 0 Å². The van der Waals surface area contributed by atoms with Crippen LogP contribution in [0.15, 0.2) is 17.6 Å². The Morgan fingerprint density at radius 1 is 1.14 bits per heavy atom. The van der Waals surface area contributed by atoms with Crippen LogP contribution < -0.4 is 10.6 Å². The maximum Gasteiger partial charge on any atom is 0.191 e. The number of hydrogen-bond donors (Lipinski definition) is 2. The van der Waals surface area contributed by atoms with Gasteiger partial charge in [0, 0.05) is 26.2 Å². The van der Waals surface area contributed by atoms with Gasteiger partial charge in [-0.1, -0.05) is 0 Å². The zero-order valence-electron chi connectivity index (χ0n) is 13.2. The maximum absolute atomic E-state index is 4.59. The molecule has 120 valence electrons. The van der Waals surface area contributed by atoms with E-state index < -0.39 is 0 Å². The van der Waals surface area contributed by atoms with Crippen molar-refractivity contribution in [1.29, 1.82) is 0 Å². The Morgan fingerprint density at radius 2 is 1.95 bits per heavy atom. The largest absolute Gasteiger partial charge is 0.357 e. The number of nitrogens with zero attached hydrogens (tertiary/aromatic N) is 4. The van der Waals surface area contributed by atoms with Gasteiger partial charge >= 0.3 is 0 Å². The minimum atomic E-state index is 0.899. The number of aliphatic imine (C=N–C) groups is 1.